The lowest BCUT2D eigenvalue weighted by Crippen LogP contribution is -2.48. The number of methoxy groups -OCH3 is 1. The van der Waals surface area contributed by atoms with Crippen molar-refractivity contribution in [2.45, 2.75) is 19.4 Å². The van der Waals surface area contributed by atoms with Gasteiger partial charge < -0.3 is 9.64 Å². The number of nitrogens with zero attached hydrogens (tertiary/aromatic N) is 2. The summed E-state index contributed by atoms with van der Waals surface area (Å²) in [5, 5.41) is 0. The molecule has 1 aliphatic heterocycles. The number of rotatable bonds is 6. The molecule has 1 fully saturated rings. The molecule has 1 saturated heterocycles. The van der Waals surface area contributed by atoms with Crippen LogP contribution >= 0.6 is 22.9 Å². The SMILES string of the molecule is COc1ccc(CN2CCN(C(=O)CCc3ccc(Cl)s3)CC2)cc1F. The molecule has 3 rings (SSSR count). The van der Waals surface area contributed by atoms with Gasteiger partial charge in [-0.1, -0.05) is 17.7 Å². The first-order valence-electron chi connectivity index (χ1n) is 8.62. The van der Waals surface area contributed by atoms with Crippen LogP contribution in [0.1, 0.15) is 16.9 Å². The molecule has 0 unspecified atom stereocenters. The summed E-state index contributed by atoms with van der Waals surface area (Å²) < 4.78 is 19.5. The molecule has 0 spiro atoms. The first kappa shape index (κ1) is 19.1. The van der Waals surface area contributed by atoms with Gasteiger partial charge in [-0.2, -0.15) is 0 Å². The topological polar surface area (TPSA) is 32.8 Å². The zero-order valence-electron chi connectivity index (χ0n) is 14.7. The van der Waals surface area contributed by atoms with Gasteiger partial charge in [0, 0.05) is 44.0 Å². The Kier molecular flexibility index (Phi) is 6.51. The number of hydrogen-bond donors (Lipinski definition) is 0. The molecule has 0 saturated carbocycles. The van der Waals surface area contributed by atoms with Crippen molar-refractivity contribution >= 4 is 28.8 Å². The number of hydrogen-bond acceptors (Lipinski definition) is 4. The van der Waals surface area contributed by atoms with Gasteiger partial charge in [0.2, 0.25) is 5.91 Å². The van der Waals surface area contributed by atoms with Gasteiger partial charge in [-0.3, -0.25) is 9.69 Å². The van der Waals surface area contributed by atoms with Crippen molar-refractivity contribution in [2.24, 2.45) is 0 Å². The van der Waals surface area contributed by atoms with Gasteiger partial charge >= 0.3 is 0 Å². The highest BCUT2D eigenvalue weighted by molar-refractivity contribution is 7.16. The second-order valence-corrected chi connectivity index (χ2v) is 8.13. The summed E-state index contributed by atoms with van der Waals surface area (Å²) in [7, 11) is 1.46. The molecule has 1 aromatic heterocycles. The van der Waals surface area contributed by atoms with Gasteiger partial charge in [0.25, 0.3) is 0 Å². The summed E-state index contributed by atoms with van der Waals surface area (Å²) in [6.07, 6.45) is 1.25. The number of amides is 1. The summed E-state index contributed by atoms with van der Waals surface area (Å²) in [6.45, 7) is 3.69. The fourth-order valence-corrected chi connectivity index (χ4v) is 4.18. The van der Waals surface area contributed by atoms with Crippen LogP contribution in [0.4, 0.5) is 4.39 Å². The monoisotopic (exact) mass is 396 g/mol. The van der Waals surface area contributed by atoms with Crippen LogP contribution < -0.4 is 4.74 Å². The Morgan fingerprint density at radius 3 is 2.62 bits per heavy atom. The van der Waals surface area contributed by atoms with E-state index in [9.17, 15) is 9.18 Å². The van der Waals surface area contributed by atoms with Gasteiger partial charge in [-0.05, 0) is 36.2 Å². The van der Waals surface area contributed by atoms with Gasteiger partial charge in [0.1, 0.15) is 0 Å². The Hall–Kier alpha value is -1.63. The van der Waals surface area contributed by atoms with Crippen LogP contribution in [0.5, 0.6) is 5.75 Å². The van der Waals surface area contributed by atoms with E-state index in [2.05, 4.69) is 4.90 Å². The first-order chi connectivity index (χ1) is 12.5. The van der Waals surface area contributed by atoms with Crippen LogP contribution in [0.2, 0.25) is 4.34 Å². The van der Waals surface area contributed by atoms with Crippen molar-refractivity contribution in [1.29, 1.82) is 0 Å². The molecule has 2 aromatic rings. The van der Waals surface area contributed by atoms with Crippen LogP contribution in [0, 0.1) is 5.82 Å². The molecule has 7 heteroatoms. The predicted molar refractivity (Wildman–Crippen MR) is 102 cm³/mol. The standard InChI is InChI=1S/C19H22ClFN2O2S/c1-25-17-5-2-14(12-16(17)21)13-22-8-10-23(11-9-22)19(24)7-4-15-3-6-18(20)26-15/h2-3,5-6,12H,4,7-11,13H2,1H3. The number of thiophene rings is 1. The van der Waals surface area contributed by atoms with Crippen molar-refractivity contribution < 1.29 is 13.9 Å². The Balaban J connectivity index is 1.44. The van der Waals surface area contributed by atoms with Crippen molar-refractivity contribution in [1.82, 2.24) is 9.80 Å². The van der Waals surface area contributed by atoms with E-state index >= 15 is 0 Å². The van der Waals surface area contributed by atoms with E-state index in [0.29, 0.717) is 26.1 Å². The van der Waals surface area contributed by atoms with Crippen molar-refractivity contribution in [3.05, 3.63) is 50.9 Å². The molecule has 1 aliphatic rings. The fourth-order valence-electron chi connectivity index (χ4n) is 3.10. The van der Waals surface area contributed by atoms with Crippen LogP contribution in [0.15, 0.2) is 30.3 Å². The van der Waals surface area contributed by atoms with E-state index < -0.39 is 0 Å². The Labute approximate surface area is 162 Å². The number of benzene rings is 1. The highest BCUT2D eigenvalue weighted by atomic mass is 35.5. The summed E-state index contributed by atoms with van der Waals surface area (Å²) in [5.74, 6) is 0.105. The smallest absolute Gasteiger partial charge is 0.223 e. The van der Waals surface area contributed by atoms with Gasteiger partial charge in [0.15, 0.2) is 11.6 Å². The quantitative estimate of drug-likeness (QED) is 0.744. The van der Waals surface area contributed by atoms with E-state index in [1.54, 1.807) is 6.07 Å². The molecule has 140 valence electrons. The molecule has 4 nitrogen and oxygen atoms in total. The summed E-state index contributed by atoms with van der Waals surface area (Å²) in [5.41, 5.74) is 0.914. The second kappa shape index (κ2) is 8.84. The molecule has 0 aliphatic carbocycles. The van der Waals surface area contributed by atoms with E-state index in [4.69, 9.17) is 16.3 Å². The first-order valence-corrected chi connectivity index (χ1v) is 9.81. The number of ether oxygens (including phenoxy) is 1. The number of piperazine rings is 1. The van der Waals surface area contributed by atoms with Crippen molar-refractivity contribution in [3.63, 3.8) is 0 Å². The molecule has 1 aromatic carbocycles. The molecule has 0 bridgehead atoms. The number of halogens is 2. The normalized spacial score (nSPS) is 15.3. The highest BCUT2D eigenvalue weighted by Crippen LogP contribution is 2.23. The lowest BCUT2D eigenvalue weighted by Gasteiger charge is -2.34. The fraction of sp³-hybridized carbons (Fsp3) is 0.421. The van der Waals surface area contributed by atoms with Crippen molar-refractivity contribution in [2.75, 3.05) is 33.3 Å². The van der Waals surface area contributed by atoms with Crippen molar-refractivity contribution in [3.8, 4) is 5.75 Å². The maximum atomic E-state index is 13.8. The summed E-state index contributed by atoms with van der Waals surface area (Å²) in [6, 6.07) is 8.90. The van der Waals surface area contributed by atoms with E-state index in [1.165, 1.54) is 24.5 Å². The number of aryl methyl sites for hydroxylation is 1. The second-order valence-electron chi connectivity index (χ2n) is 6.33. The minimum Gasteiger partial charge on any atom is -0.494 e. The Morgan fingerprint density at radius 2 is 2.00 bits per heavy atom. The van der Waals surface area contributed by atoms with E-state index in [0.717, 1.165) is 34.3 Å². The molecule has 0 radical (unpaired) electrons. The van der Waals surface area contributed by atoms with Gasteiger partial charge in [-0.15, -0.1) is 11.3 Å². The average Bonchev–Trinajstić information content (AvgIpc) is 3.06. The lowest BCUT2D eigenvalue weighted by molar-refractivity contribution is -0.132. The lowest BCUT2D eigenvalue weighted by atomic mass is 10.1. The van der Waals surface area contributed by atoms with Crippen LogP contribution in [-0.4, -0.2) is 49.0 Å². The maximum absolute atomic E-state index is 13.8. The summed E-state index contributed by atoms with van der Waals surface area (Å²) in [4.78, 5) is 17.7. The zero-order chi connectivity index (χ0) is 18.5. The third-order valence-corrected chi connectivity index (χ3v) is 5.85. The predicted octanol–water partition coefficient (Wildman–Crippen LogP) is 3.83. The van der Waals surface area contributed by atoms with Gasteiger partial charge in [0.05, 0.1) is 11.4 Å². The number of carbonyl (C=O) groups excluding carboxylic acids is 1. The molecule has 0 N–H and O–H groups in total. The average molecular weight is 397 g/mol. The zero-order valence-corrected chi connectivity index (χ0v) is 16.3. The Bertz CT molecular complexity index is 760. The molecule has 2 heterocycles. The minimum absolute atomic E-state index is 0.185. The highest BCUT2D eigenvalue weighted by Gasteiger charge is 2.21. The van der Waals surface area contributed by atoms with Crippen LogP contribution in [0.25, 0.3) is 0 Å². The van der Waals surface area contributed by atoms with Gasteiger partial charge in [-0.25, -0.2) is 4.39 Å². The maximum Gasteiger partial charge on any atom is 0.223 e. The number of carbonyl (C=O) groups is 1. The van der Waals surface area contributed by atoms with Crippen LogP contribution in [-0.2, 0) is 17.8 Å². The molecule has 26 heavy (non-hydrogen) atoms. The van der Waals surface area contributed by atoms with E-state index in [-0.39, 0.29) is 17.5 Å². The van der Waals surface area contributed by atoms with Crippen LogP contribution in [0.3, 0.4) is 0 Å². The largest absolute Gasteiger partial charge is 0.494 e. The third-order valence-electron chi connectivity index (χ3n) is 4.56. The molecule has 1 amide bonds. The third kappa shape index (κ3) is 4.96. The molecule has 0 atom stereocenters. The molecular formula is C19H22ClFN2O2S. The molecular weight excluding hydrogens is 375 g/mol. The van der Waals surface area contributed by atoms with E-state index in [1.807, 2.05) is 23.1 Å². The Morgan fingerprint density at radius 1 is 1.23 bits per heavy atom. The minimum atomic E-state index is -0.340. The summed E-state index contributed by atoms with van der Waals surface area (Å²) >= 11 is 7.45.